The van der Waals surface area contributed by atoms with Crippen LogP contribution in [0.25, 0.3) is 44.4 Å². The third-order valence-corrected chi connectivity index (χ3v) is 9.89. The Morgan fingerprint density at radius 1 is 0.848 bits per heavy atom. The first-order chi connectivity index (χ1) is 22.0. The standard InChI is InChI=1S/C37H26ClFN2O4S/c1-22-7-12-29(13-8-22)46(43,44)41-34-16-11-28(39)20-32(34)35(31-14-9-23(2)17-27(31)21-40)36(41)25-6-4-5-24(18-25)30-15-10-26(19-33(30)38)37(42)45-3/h4-20H,1-3H3. The molecule has 0 N–H and O–H groups in total. The molecular weight excluding hydrogens is 623 g/mol. The zero-order valence-electron chi connectivity index (χ0n) is 25.0. The minimum absolute atomic E-state index is 0.0501. The number of esters is 1. The first kappa shape index (κ1) is 30.8. The molecule has 0 fully saturated rings. The molecule has 0 aliphatic heterocycles. The number of hydrogen-bond donors (Lipinski definition) is 0. The number of nitrogens with zero attached hydrogens (tertiary/aromatic N) is 2. The number of carbonyl (C=O) groups excluding carboxylic acids is 1. The predicted octanol–water partition coefficient (Wildman–Crippen LogP) is 8.95. The van der Waals surface area contributed by atoms with E-state index in [1.807, 2.05) is 26.0 Å². The summed E-state index contributed by atoms with van der Waals surface area (Å²) in [5.41, 5.74) is 5.42. The monoisotopic (exact) mass is 648 g/mol. The van der Waals surface area contributed by atoms with E-state index in [2.05, 4.69) is 6.07 Å². The summed E-state index contributed by atoms with van der Waals surface area (Å²) in [4.78, 5) is 12.1. The van der Waals surface area contributed by atoms with Crippen molar-refractivity contribution in [2.45, 2.75) is 18.7 Å². The van der Waals surface area contributed by atoms with Crippen LogP contribution in [-0.4, -0.2) is 25.5 Å². The normalized spacial score (nSPS) is 11.4. The summed E-state index contributed by atoms with van der Waals surface area (Å²) < 4.78 is 50.1. The smallest absolute Gasteiger partial charge is 0.337 e. The molecule has 0 bridgehead atoms. The van der Waals surface area contributed by atoms with E-state index in [0.29, 0.717) is 43.8 Å². The lowest BCUT2D eigenvalue weighted by atomic mass is 9.92. The van der Waals surface area contributed by atoms with Gasteiger partial charge in [-0.05, 0) is 79.6 Å². The second-order valence-electron chi connectivity index (χ2n) is 10.9. The van der Waals surface area contributed by atoms with Crippen molar-refractivity contribution in [1.82, 2.24) is 3.97 Å². The van der Waals surface area contributed by atoms with Crippen molar-refractivity contribution in [3.63, 3.8) is 0 Å². The Labute approximate surface area is 270 Å². The number of fused-ring (bicyclic) bond motifs is 1. The van der Waals surface area contributed by atoms with Gasteiger partial charge in [-0.2, -0.15) is 5.26 Å². The van der Waals surface area contributed by atoms with Gasteiger partial charge in [0.05, 0.1) is 40.4 Å². The van der Waals surface area contributed by atoms with E-state index in [1.54, 1.807) is 54.6 Å². The van der Waals surface area contributed by atoms with E-state index >= 15 is 0 Å². The van der Waals surface area contributed by atoms with Gasteiger partial charge >= 0.3 is 5.97 Å². The number of benzene rings is 5. The van der Waals surface area contributed by atoms with Crippen LogP contribution < -0.4 is 0 Å². The molecule has 46 heavy (non-hydrogen) atoms. The Bertz CT molecular complexity index is 2340. The summed E-state index contributed by atoms with van der Waals surface area (Å²) in [5.74, 6) is -1.08. The fourth-order valence-corrected chi connectivity index (χ4v) is 7.47. The Balaban J connectivity index is 1.72. The number of methoxy groups -OCH3 is 1. The molecule has 0 unspecified atom stereocenters. The van der Waals surface area contributed by atoms with Crippen LogP contribution >= 0.6 is 11.6 Å². The van der Waals surface area contributed by atoms with Gasteiger partial charge in [0.25, 0.3) is 10.0 Å². The second kappa shape index (κ2) is 11.9. The Morgan fingerprint density at radius 2 is 1.54 bits per heavy atom. The zero-order chi connectivity index (χ0) is 32.7. The summed E-state index contributed by atoms with van der Waals surface area (Å²) in [7, 11) is -2.97. The fourth-order valence-electron chi connectivity index (χ4n) is 5.63. The Kier molecular flexibility index (Phi) is 7.99. The average molecular weight is 649 g/mol. The molecule has 1 aromatic heterocycles. The van der Waals surface area contributed by atoms with Gasteiger partial charge in [0.1, 0.15) is 5.82 Å². The lowest BCUT2D eigenvalue weighted by Crippen LogP contribution is -2.14. The maximum Gasteiger partial charge on any atom is 0.337 e. The number of hydrogen-bond acceptors (Lipinski definition) is 5. The van der Waals surface area contributed by atoms with Crippen LogP contribution in [0.15, 0.2) is 108 Å². The van der Waals surface area contributed by atoms with Crippen LogP contribution in [0, 0.1) is 31.0 Å². The van der Waals surface area contributed by atoms with Crippen molar-refractivity contribution < 1.29 is 22.3 Å². The van der Waals surface area contributed by atoms with Gasteiger partial charge in [0.15, 0.2) is 0 Å². The number of aromatic nitrogens is 1. The van der Waals surface area contributed by atoms with E-state index in [1.165, 1.54) is 47.5 Å². The summed E-state index contributed by atoms with van der Waals surface area (Å²) in [6.07, 6.45) is 0. The number of nitriles is 1. The molecule has 0 spiro atoms. The molecular formula is C37H26ClFN2O4S. The molecule has 0 amide bonds. The van der Waals surface area contributed by atoms with Gasteiger partial charge in [0, 0.05) is 32.7 Å². The van der Waals surface area contributed by atoms with Crippen LogP contribution in [0.4, 0.5) is 4.39 Å². The van der Waals surface area contributed by atoms with Gasteiger partial charge < -0.3 is 4.74 Å². The van der Waals surface area contributed by atoms with Gasteiger partial charge in [-0.1, -0.05) is 65.7 Å². The highest BCUT2D eigenvalue weighted by atomic mass is 35.5. The van der Waals surface area contributed by atoms with E-state index in [9.17, 15) is 22.9 Å². The van der Waals surface area contributed by atoms with Gasteiger partial charge in [-0.15, -0.1) is 0 Å². The van der Waals surface area contributed by atoms with Crippen molar-refractivity contribution in [1.29, 1.82) is 5.26 Å². The summed E-state index contributed by atoms with van der Waals surface area (Å²) in [6.45, 7) is 3.72. The summed E-state index contributed by atoms with van der Waals surface area (Å²) in [6, 6.07) is 29.9. The number of halogens is 2. The maximum absolute atomic E-state index is 15.0. The molecule has 6 nitrogen and oxygen atoms in total. The van der Waals surface area contributed by atoms with Gasteiger partial charge in [-0.3, -0.25) is 0 Å². The van der Waals surface area contributed by atoms with Crippen LogP contribution in [0.5, 0.6) is 0 Å². The largest absolute Gasteiger partial charge is 0.465 e. The molecule has 0 saturated carbocycles. The van der Waals surface area contributed by atoms with Crippen LogP contribution in [0.3, 0.4) is 0 Å². The molecule has 5 aromatic carbocycles. The van der Waals surface area contributed by atoms with Crippen molar-refractivity contribution in [3.05, 3.63) is 136 Å². The average Bonchev–Trinajstić information content (AvgIpc) is 3.39. The Morgan fingerprint density at radius 3 is 2.24 bits per heavy atom. The lowest BCUT2D eigenvalue weighted by Gasteiger charge is -2.16. The van der Waals surface area contributed by atoms with Crippen molar-refractivity contribution in [2.24, 2.45) is 0 Å². The van der Waals surface area contributed by atoms with Crippen molar-refractivity contribution >= 4 is 38.5 Å². The topological polar surface area (TPSA) is 89.2 Å². The number of aryl methyl sites for hydroxylation is 2. The maximum atomic E-state index is 15.0. The molecule has 0 aliphatic carbocycles. The van der Waals surface area contributed by atoms with E-state index < -0.39 is 21.8 Å². The first-order valence-corrected chi connectivity index (χ1v) is 16.0. The molecule has 0 atom stereocenters. The second-order valence-corrected chi connectivity index (χ2v) is 13.1. The van der Waals surface area contributed by atoms with E-state index in [0.717, 1.165) is 11.1 Å². The van der Waals surface area contributed by atoms with Crippen LogP contribution in [0.2, 0.25) is 5.02 Å². The molecule has 228 valence electrons. The number of rotatable bonds is 6. The first-order valence-electron chi connectivity index (χ1n) is 14.2. The minimum atomic E-state index is -4.26. The Hall–Kier alpha value is -5.23. The number of ether oxygens (including phenoxy) is 1. The van der Waals surface area contributed by atoms with Crippen LogP contribution in [0.1, 0.15) is 27.0 Å². The lowest BCUT2D eigenvalue weighted by molar-refractivity contribution is 0.0600. The highest BCUT2D eigenvalue weighted by molar-refractivity contribution is 7.90. The van der Waals surface area contributed by atoms with Crippen LogP contribution in [-0.2, 0) is 14.8 Å². The quantitative estimate of drug-likeness (QED) is 0.168. The fraction of sp³-hybridized carbons (Fsp3) is 0.0811. The highest BCUT2D eigenvalue weighted by Gasteiger charge is 2.30. The molecule has 6 rings (SSSR count). The van der Waals surface area contributed by atoms with E-state index in [-0.39, 0.29) is 21.7 Å². The number of carbonyl (C=O) groups is 1. The molecule has 1 heterocycles. The SMILES string of the molecule is COC(=O)c1ccc(-c2cccc(-c3c(-c4ccc(C)cc4C#N)c4cc(F)ccc4n3S(=O)(=O)c3ccc(C)cc3)c2)c(Cl)c1. The van der Waals surface area contributed by atoms with E-state index in [4.69, 9.17) is 16.3 Å². The highest BCUT2D eigenvalue weighted by Crippen LogP contribution is 2.45. The predicted molar refractivity (Wildman–Crippen MR) is 178 cm³/mol. The molecule has 0 aliphatic rings. The zero-order valence-corrected chi connectivity index (χ0v) is 26.6. The molecule has 0 radical (unpaired) electrons. The van der Waals surface area contributed by atoms with Crippen molar-refractivity contribution in [2.75, 3.05) is 7.11 Å². The molecule has 6 aromatic rings. The molecule has 9 heteroatoms. The van der Waals surface area contributed by atoms with Crippen molar-refractivity contribution in [3.8, 4) is 39.6 Å². The van der Waals surface area contributed by atoms with Gasteiger partial charge in [0.2, 0.25) is 0 Å². The third-order valence-electron chi connectivity index (χ3n) is 7.85. The van der Waals surface area contributed by atoms with Gasteiger partial charge in [-0.25, -0.2) is 21.6 Å². The third kappa shape index (κ3) is 5.34. The summed E-state index contributed by atoms with van der Waals surface area (Å²) >= 11 is 6.64. The summed E-state index contributed by atoms with van der Waals surface area (Å²) in [5, 5.41) is 10.8. The molecule has 0 saturated heterocycles. The minimum Gasteiger partial charge on any atom is -0.465 e.